The number of para-hydroxylation sites is 1. The van der Waals surface area contributed by atoms with E-state index in [2.05, 4.69) is 0 Å². The molecule has 17 heavy (non-hydrogen) atoms. The van der Waals surface area contributed by atoms with Crippen LogP contribution in [0.1, 0.15) is 37.0 Å². The summed E-state index contributed by atoms with van der Waals surface area (Å²) in [6.45, 7) is 4.44. The Hall–Kier alpha value is -1.35. The van der Waals surface area contributed by atoms with Crippen LogP contribution in [-0.4, -0.2) is 25.6 Å². The van der Waals surface area contributed by atoms with E-state index in [0.29, 0.717) is 24.3 Å². The molecule has 0 aliphatic carbocycles. The van der Waals surface area contributed by atoms with Crippen LogP contribution < -0.4 is 4.74 Å². The Labute approximate surface area is 103 Å². The SMILES string of the molecule is CCOc1ccccc1C(=O)CCC(C)OC. The number of methoxy groups -OCH3 is 1. The Morgan fingerprint density at radius 2 is 2.06 bits per heavy atom. The molecule has 0 aliphatic heterocycles. The van der Waals surface area contributed by atoms with E-state index in [0.717, 1.165) is 6.42 Å². The second kappa shape index (κ2) is 7.07. The van der Waals surface area contributed by atoms with Crippen molar-refractivity contribution in [3.63, 3.8) is 0 Å². The number of hydrogen-bond donors (Lipinski definition) is 0. The minimum absolute atomic E-state index is 0.109. The first-order valence-electron chi connectivity index (χ1n) is 5.96. The Morgan fingerprint density at radius 1 is 1.35 bits per heavy atom. The summed E-state index contributed by atoms with van der Waals surface area (Å²) >= 11 is 0. The predicted molar refractivity (Wildman–Crippen MR) is 67.6 cm³/mol. The van der Waals surface area contributed by atoms with Gasteiger partial charge in [0.2, 0.25) is 0 Å². The van der Waals surface area contributed by atoms with Gasteiger partial charge in [-0.3, -0.25) is 4.79 Å². The molecule has 0 heterocycles. The van der Waals surface area contributed by atoms with Crippen LogP contribution in [0, 0.1) is 0 Å². The molecule has 0 aliphatic rings. The fourth-order valence-corrected chi connectivity index (χ4v) is 1.57. The lowest BCUT2D eigenvalue weighted by molar-refractivity contribution is 0.0875. The van der Waals surface area contributed by atoms with Gasteiger partial charge in [0.15, 0.2) is 5.78 Å². The molecule has 3 nitrogen and oxygen atoms in total. The lowest BCUT2D eigenvalue weighted by Gasteiger charge is -2.11. The molecule has 1 atom stereocenters. The molecule has 0 aromatic heterocycles. The van der Waals surface area contributed by atoms with Gasteiger partial charge in [-0.2, -0.15) is 0 Å². The number of ether oxygens (including phenoxy) is 2. The van der Waals surface area contributed by atoms with Gasteiger partial charge in [-0.25, -0.2) is 0 Å². The molecule has 0 fully saturated rings. The number of Topliss-reactive ketones (excluding diaryl/α,β-unsaturated/α-hetero) is 1. The van der Waals surface area contributed by atoms with Gasteiger partial charge in [-0.1, -0.05) is 12.1 Å². The summed E-state index contributed by atoms with van der Waals surface area (Å²) < 4.78 is 10.6. The molecular weight excluding hydrogens is 216 g/mol. The van der Waals surface area contributed by atoms with E-state index in [1.807, 2.05) is 38.1 Å². The molecule has 0 saturated heterocycles. The highest BCUT2D eigenvalue weighted by Gasteiger charge is 2.12. The average Bonchev–Trinajstić information content (AvgIpc) is 2.36. The van der Waals surface area contributed by atoms with Gasteiger partial charge in [-0.15, -0.1) is 0 Å². The molecule has 0 bridgehead atoms. The lowest BCUT2D eigenvalue weighted by Crippen LogP contribution is -2.09. The topological polar surface area (TPSA) is 35.5 Å². The summed E-state index contributed by atoms with van der Waals surface area (Å²) in [4.78, 5) is 12.0. The number of hydrogen-bond acceptors (Lipinski definition) is 3. The molecule has 1 aromatic rings. The maximum Gasteiger partial charge on any atom is 0.166 e. The zero-order valence-corrected chi connectivity index (χ0v) is 10.7. The summed E-state index contributed by atoms with van der Waals surface area (Å²) in [5, 5.41) is 0. The van der Waals surface area contributed by atoms with Gasteiger partial charge in [0.1, 0.15) is 5.75 Å². The maximum absolute atomic E-state index is 12.0. The zero-order valence-electron chi connectivity index (χ0n) is 10.7. The molecule has 94 valence electrons. The van der Waals surface area contributed by atoms with E-state index in [1.165, 1.54) is 0 Å². The van der Waals surface area contributed by atoms with Crippen molar-refractivity contribution < 1.29 is 14.3 Å². The van der Waals surface area contributed by atoms with Crippen LogP contribution in [0.15, 0.2) is 24.3 Å². The first kappa shape index (κ1) is 13.7. The minimum atomic E-state index is 0.109. The molecule has 0 radical (unpaired) electrons. The van der Waals surface area contributed by atoms with E-state index in [9.17, 15) is 4.79 Å². The van der Waals surface area contributed by atoms with E-state index < -0.39 is 0 Å². The normalized spacial score (nSPS) is 12.2. The van der Waals surface area contributed by atoms with E-state index >= 15 is 0 Å². The van der Waals surface area contributed by atoms with Crippen molar-refractivity contribution in [2.45, 2.75) is 32.8 Å². The van der Waals surface area contributed by atoms with Gasteiger partial charge in [0.25, 0.3) is 0 Å². The van der Waals surface area contributed by atoms with Crippen molar-refractivity contribution in [1.29, 1.82) is 0 Å². The van der Waals surface area contributed by atoms with E-state index in [4.69, 9.17) is 9.47 Å². The Kier molecular flexibility index (Phi) is 5.70. The summed E-state index contributed by atoms with van der Waals surface area (Å²) in [6, 6.07) is 7.37. The summed E-state index contributed by atoms with van der Waals surface area (Å²) in [6.07, 6.45) is 1.33. The molecule has 3 heteroatoms. The van der Waals surface area contributed by atoms with Gasteiger partial charge in [-0.05, 0) is 32.4 Å². The summed E-state index contributed by atoms with van der Waals surface area (Å²) in [5.41, 5.74) is 0.664. The van der Waals surface area contributed by atoms with Crippen molar-refractivity contribution >= 4 is 5.78 Å². The van der Waals surface area contributed by atoms with E-state index in [1.54, 1.807) is 7.11 Å². The third kappa shape index (κ3) is 4.19. The summed E-state index contributed by atoms with van der Waals surface area (Å²) in [5.74, 6) is 0.781. The Bertz CT molecular complexity index is 360. The first-order chi connectivity index (χ1) is 8.19. The van der Waals surface area contributed by atoms with Crippen LogP contribution in [0.4, 0.5) is 0 Å². The van der Waals surface area contributed by atoms with Gasteiger partial charge >= 0.3 is 0 Å². The van der Waals surface area contributed by atoms with Crippen LogP contribution in [0.25, 0.3) is 0 Å². The summed E-state index contributed by atoms with van der Waals surface area (Å²) in [7, 11) is 1.66. The van der Waals surface area contributed by atoms with Crippen molar-refractivity contribution in [2.24, 2.45) is 0 Å². The molecular formula is C14H20O3. The van der Waals surface area contributed by atoms with Crippen molar-refractivity contribution in [3.05, 3.63) is 29.8 Å². The molecule has 1 rings (SSSR count). The van der Waals surface area contributed by atoms with Crippen molar-refractivity contribution in [2.75, 3.05) is 13.7 Å². The number of ketones is 1. The Balaban J connectivity index is 2.67. The molecule has 0 amide bonds. The molecule has 1 unspecified atom stereocenters. The fraction of sp³-hybridized carbons (Fsp3) is 0.500. The largest absolute Gasteiger partial charge is 0.493 e. The smallest absolute Gasteiger partial charge is 0.166 e. The third-order valence-electron chi connectivity index (χ3n) is 2.67. The Morgan fingerprint density at radius 3 is 2.71 bits per heavy atom. The number of carbonyl (C=O) groups excluding carboxylic acids is 1. The number of benzene rings is 1. The fourth-order valence-electron chi connectivity index (χ4n) is 1.57. The van der Waals surface area contributed by atoms with Crippen LogP contribution in [0.5, 0.6) is 5.75 Å². The number of carbonyl (C=O) groups is 1. The second-order valence-electron chi connectivity index (χ2n) is 3.94. The van der Waals surface area contributed by atoms with Crippen LogP contribution in [0.3, 0.4) is 0 Å². The lowest BCUT2D eigenvalue weighted by atomic mass is 10.0. The minimum Gasteiger partial charge on any atom is -0.493 e. The molecule has 0 N–H and O–H groups in total. The average molecular weight is 236 g/mol. The van der Waals surface area contributed by atoms with Crippen molar-refractivity contribution in [1.82, 2.24) is 0 Å². The standard InChI is InChI=1S/C14H20O3/c1-4-17-14-8-6-5-7-12(14)13(15)10-9-11(2)16-3/h5-8,11H,4,9-10H2,1-3H3. The van der Waals surface area contributed by atoms with E-state index in [-0.39, 0.29) is 11.9 Å². The first-order valence-corrected chi connectivity index (χ1v) is 5.96. The zero-order chi connectivity index (χ0) is 12.7. The predicted octanol–water partition coefficient (Wildman–Crippen LogP) is 3.08. The van der Waals surface area contributed by atoms with Gasteiger partial charge < -0.3 is 9.47 Å². The monoisotopic (exact) mass is 236 g/mol. The van der Waals surface area contributed by atoms with Crippen molar-refractivity contribution in [3.8, 4) is 5.75 Å². The van der Waals surface area contributed by atoms with Crippen LogP contribution in [-0.2, 0) is 4.74 Å². The number of rotatable bonds is 7. The highest BCUT2D eigenvalue weighted by molar-refractivity contribution is 5.98. The van der Waals surface area contributed by atoms with Crippen LogP contribution in [0.2, 0.25) is 0 Å². The molecule has 0 saturated carbocycles. The highest BCUT2D eigenvalue weighted by Crippen LogP contribution is 2.20. The van der Waals surface area contributed by atoms with Crippen LogP contribution >= 0.6 is 0 Å². The molecule has 0 spiro atoms. The second-order valence-corrected chi connectivity index (χ2v) is 3.94. The maximum atomic E-state index is 12.0. The quantitative estimate of drug-likeness (QED) is 0.682. The van der Waals surface area contributed by atoms with Gasteiger partial charge in [0.05, 0.1) is 18.3 Å². The van der Waals surface area contributed by atoms with Gasteiger partial charge in [0, 0.05) is 13.5 Å². The third-order valence-corrected chi connectivity index (χ3v) is 2.67. The highest BCUT2D eigenvalue weighted by atomic mass is 16.5. The molecule has 1 aromatic carbocycles.